The maximum absolute atomic E-state index is 13.0. The van der Waals surface area contributed by atoms with Crippen LogP contribution in [0.1, 0.15) is 5.56 Å². The number of rotatable bonds is 4. The molecule has 4 rings (SSSR count). The number of aromatic nitrogens is 2. The molecule has 0 radical (unpaired) electrons. The van der Waals surface area contributed by atoms with Crippen molar-refractivity contribution in [2.45, 2.75) is 11.4 Å². The minimum absolute atomic E-state index is 0.141. The first-order valence-electron chi connectivity index (χ1n) is 8.22. The topological polar surface area (TPSA) is 79.5 Å². The van der Waals surface area contributed by atoms with Gasteiger partial charge in [-0.1, -0.05) is 29.8 Å². The van der Waals surface area contributed by atoms with Gasteiger partial charge < -0.3 is 0 Å². The number of fused-ring (bicyclic) bond motifs is 1. The van der Waals surface area contributed by atoms with Gasteiger partial charge in [0.1, 0.15) is 10.4 Å². The van der Waals surface area contributed by atoms with Crippen molar-refractivity contribution >= 4 is 32.7 Å². The Hall–Kier alpha value is -2.00. The van der Waals surface area contributed by atoms with Gasteiger partial charge in [-0.2, -0.15) is 4.31 Å². The van der Waals surface area contributed by atoms with Crippen LogP contribution in [-0.2, 0) is 16.6 Å². The third-order valence-corrected chi connectivity index (χ3v) is 6.70. The molecule has 7 nitrogen and oxygen atoms in total. The smallest absolute Gasteiger partial charge is 0.245 e. The second-order valence-corrected chi connectivity index (χ2v) is 8.54. The standard InChI is InChI=1S/C17H17ClN4O3S/c18-14-6-4-13(5-7-14)12-21-8-10-22(11-9-21)26(23,24)16-3-1-2-15-17(16)20-25-19-15/h1-7H,8-12H2. The number of halogens is 1. The fourth-order valence-corrected chi connectivity index (χ4v) is 4.79. The molecule has 0 aliphatic carbocycles. The number of hydrogen-bond acceptors (Lipinski definition) is 6. The largest absolute Gasteiger partial charge is 0.296 e. The Balaban J connectivity index is 1.47. The summed E-state index contributed by atoms with van der Waals surface area (Å²) in [5.74, 6) is 0. The van der Waals surface area contributed by atoms with Crippen LogP contribution in [0.25, 0.3) is 11.0 Å². The molecule has 0 atom stereocenters. The van der Waals surface area contributed by atoms with E-state index in [4.69, 9.17) is 11.6 Å². The fraction of sp³-hybridized carbons (Fsp3) is 0.294. The molecule has 9 heteroatoms. The monoisotopic (exact) mass is 392 g/mol. The summed E-state index contributed by atoms with van der Waals surface area (Å²) < 4.78 is 32.1. The summed E-state index contributed by atoms with van der Waals surface area (Å²) in [5.41, 5.74) is 1.87. The normalized spacial score (nSPS) is 17.0. The summed E-state index contributed by atoms with van der Waals surface area (Å²) in [6.45, 7) is 2.95. The highest BCUT2D eigenvalue weighted by molar-refractivity contribution is 7.89. The minimum atomic E-state index is -3.63. The van der Waals surface area contributed by atoms with Crippen LogP contribution < -0.4 is 0 Å². The Labute approximate surface area is 156 Å². The average molecular weight is 393 g/mol. The van der Waals surface area contributed by atoms with Crippen LogP contribution in [0.15, 0.2) is 52.0 Å². The van der Waals surface area contributed by atoms with Gasteiger partial charge in [0, 0.05) is 37.7 Å². The van der Waals surface area contributed by atoms with E-state index in [1.807, 2.05) is 24.3 Å². The lowest BCUT2D eigenvalue weighted by atomic mass is 10.2. The Morgan fingerprint density at radius 2 is 1.73 bits per heavy atom. The molecule has 0 spiro atoms. The molecule has 1 aliphatic heterocycles. The minimum Gasteiger partial charge on any atom is -0.296 e. The maximum atomic E-state index is 13.0. The van der Waals surface area contributed by atoms with Crippen LogP contribution in [0.2, 0.25) is 5.02 Å². The Kier molecular flexibility index (Phi) is 4.66. The number of hydrogen-bond donors (Lipinski definition) is 0. The van der Waals surface area contributed by atoms with Crippen LogP contribution in [0.3, 0.4) is 0 Å². The fourth-order valence-electron chi connectivity index (χ4n) is 3.10. The first-order valence-corrected chi connectivity index (χ1v) is 10.0. The zero-order valence-electron chi connectivity index (χ0n) is 13.9. The van der Waals surface area contributed by atoms with E-state index in [0.29, 0.717) is 36.7 Å². The number of benzene rings is 2. The predicted octanol–water partition coefficient (Wildman–Crippen LogP) is 2.38. The predicted molar refractivity (Wildman–Crippen MR) is 97.3 cm³/mol. The van der Waals surface area contributed by atoms with Crippen molar-refractivity contribution in [2.75, 3.05) is 26.2 Å². The van der Waals surface area contributed by atoms with Gasteiger partial charge in [0.15, 0.2) is 5.52 Å². The SMILES string of the molecule is O=S(=O)(c1cccc2nonc12)N1CCN(Cc2ccc(Cl)cc2)CC1. The second-order valence-electron chi connectivity index (χ2n) is 6.19. The van der Waals surface area contributed by atoms with E-state index in [9.17, 15) is 8.42 Å². The first kappa shape index (κ1) is 17.4. The van der Waals surface area contributed by atoms with Crippen molar-refractivity contribution in [3.63, 3.8) is 0 Å². The van der Waals surface area contributed by atoms with E-state index in [1.165, 1.54) is 4.31 Å². The molecular formula is C17H17ClN4O3S. The maximum Gasteiger partial charge on any atom is 0.245 e. The average Bonchev–Trinajstić information content (AvgIpc) is 3.13. The van der Waals surface area contributed by atoms with Gasteiger partial charge in [-0.05, 0) is 40.1 Å². The zero-order valence-corrected chi connectivity index (χ0v) is 15.4. The van der Waals surface area contributed by atoms with Crippen molar-refractivity contribution in [3.8, 4) is 0 Å². The van der Waals surface area contributed by atoms with Crippen molar-refractivity contribution in [1.82, 2.24) is 19.5 Å². The summed E-state index contributed by atoms with van der Waals surface area (Å²) in [6, 6.07) is 12.6. The van der Waals surface area contributed by atoms with Gasteiger partial charge in [-0.15, -0.1) is 0 Å². The number of nitrogens with zero attached hydrogens (tertiary/aromatic N) is 4. The molecule has 0 amide bonds. The van der Waals surface area contributed by atoms with E-state index in [0.717, 1.165) is 12.1 Å². The molecule has 2 aromatic carbocycles. The molecule has 1 aliphatic rings. The van der Waals surface area contributed by atoms with Crippen LogP contribution in [0, 0.1) is 0 Å². The lowest BCUT2D eigenvalue weighted by molar-refractivity contribution is 0.181. The summed E-state index contributed by atoms with van der Waals surface area (Å²) >= 11 is 5.91. The highest BCUT2D eigenvalue weighted by Gasteiger charge is 2.30. The molecule has 0 saturated carbocycles. The van der Waals surface area contributed by atoms with E-state index in [2.05, 4.69) is 19.8 Å². The molecule has 1 saturated heterocycles. The molecule has 26 heavy (non-hydrogen) atoms. The molecule has 1 aromatic heterocycles. The van der Waals surface area contributed by atoms with Crippen molar-refractivity contribution in [1.29, 1.82) is 0 Å². The molecule has 136 valence electrons. The first-order chi connectivity index (χ1) is 12.5. The molecular weight excluding hydrogens is 376 g/mol. The van der Waals surface area contributed by atoms with E-state index in [1.54, 1.807) is 18.2 Å². The Morgan fingerprint density at radius 3 is 2.46 bits per heavy atom. The quantitative estimate of drug-likeness (QED) is 0.678. The Bertz CT molecular complexity index is 1010. The van der Waals surface area contributed by atoms with E-state index in [-0.39, 0.29) is 10.4 Å². The zero-order chi connectivity index (χ0) is 18.1. The van der Waals surface area contributed by atoms with Gasteiger partial charge >= 0.3 is 0 Å². The third-order valence-electron chi connectivity index (χ3n) is 4.52. The lowest BCUT2D eigenvalue weighted by Gasteiger charge is -2.34. The highest BCUT2D eigenvalue weighted by Crippen LogP contribution is 2.24. The van der Waals surface area contributed by atoms with Gasteiger partial charge in [-0.3, -0.25) is 4.90 Å². The molecule has 0 unspecified atom stereocenters. The van der Waals surface area contributed by atoms with Gasteiger partial charge in [-0.25, -0.2) is 13.0 Å². The van der Waals surface area contributed by atoms with Crippen LogP contribution >= 0.6 is 11.6 Å². The second kappa shape index (κ2) is 6.96. The van der Waals surface area contributed by atoms with Gasteiger partial charge in [0.05, 0.1) is 0 Å². The molecule has 0 bridgehead atoms. The lowest BCUT2D eigenvalue weighted by Crippen LogP contribution is -2.48. The molecule has 2 heterocycles. The molecule has 1 fully saturated rings. The summed E-state index contributed by atoms with van der Waals surface area (Å²) in [7, 11) is -3.63. The van der Waals surface area contributed by atoms with Crippen LogP contribution in [-0.4, -0.2) is 54.1 Å². The van der Waals surface area contributed by atoms with Crippen molar-refractivity contribution in [2.24, 2.45) is 0 Å². The van der Waals surface area contributed by atoms with Crippen LogP contribution in [0.5, 0.6) is 0 Å². The van der Waals surface area contributed by atoms with Crippen molar-refractivity contribution in [3.05, 3.63) is 53.1 Å². The summed E-state index contributed by atoms with van der Waals surface area (Å²) in [4.78, 5) is 2.37. The Morgan fingerprint density at radius 1 is 1.00 bits per heavy atom. The highest BCUT2D eigenvalue weighted by atomic mass is 35.5. The molecule has 3 aromatic rings. The third kappa shape index (κ3) is 3.33. The van der Waals surface area contributed by atoms with Crippen LogP contribution in [0.4, 0.5) is 0 Å². The van der Waals surface area contributed by atoms with E-state index < -0.39 is 10.0 Å². The van der Waals surface area contributed by atoms with E-state index >= 15 is 0 Å². The van der Waals surface area contributed by atoms with Crippen molar-refractivity contribution < 1.29 is 13.0 Å². The molecule has 0 N–H and O–H groups in total. The number of piperazine rings is 1. The summed E-state index contributed by atoms with van der Waals surface area (Å²) in [6.07, 6.45) is 0. The van der Waals surface area contributed by atoms with Gasteiger partial charge in [0.25, 0.3) is 0 Å². The number of sulfonamides is 1. The van der Waals surface area contributed by atoms with Gasteiger partial charge in [0.2, 0.25) is 10.0 Å². The summed E-state index contributed by atoms with van der Waals surface area (Å²) in [5, 5.41) is 8.17.